The van der Waals surface area contributed by atoms with Gasteiger partial charge in [-0.05, 0) is 6.42 Å². The minimum absolute atomic E-state index is 0.00593. The molecule has 1 aliphatic heterocycles. The largest absolute Gasteiger partial charge is 0.373 e. The van der Waals surface area contributed by atoms with Crippen LogP contribution in [0.1, 0.15) is 12.1 Å². The number of ether oxygens (including phenoxy) is 1. The number of rotatable bonds is 4. The van der Waals surface area contributed by atoms with Crippen molar-refractivity contribution in [3.8, 4) is 0 Å². The summed E-state index contributed by atoms with van der Waals surface area (Å²) < 4.78 is 7.02. The van der Waals surface area contributed by atoms with E-state index < -0.39 is 0 Å². The summed E-state index contributed by atoms with van der Waals surface area (Å²) in [6, 6.07) is 0. The molecule has 0 saturated carbocycles. The lowest BCUT2D eigenvalue weighted by atomic mass is 10.0. The van der Waals surface area contributed by atoms with E-state index in [0.29, 0.717) is 13.2 Å². The number of aryl methyl sites for hydroxylation is 1. The Labute approximate surface area is 99.6 Å². The fraction of sp³-hybridized carbons (Fsp3) is 0.545. The van der Waals surface area contributed by atoms with Crippen LogP contribution < -0.4 is 5.32 Å². The van der Waals surface area contributed by atoms with Gasteiger partial charge >= 0.3 is 0 Å². The van der Waals surface area contributed by atoms with Crippen LogP contribution >= 0.6 is 0 Å². The zero-order chi connectivity index (χ0) is 12.3. The van der Waals surface area contributed by atoms with Gasteiger partial charge in [0.2, 0.25) is 5.91 Å². The lowest BCUT2D eigenvalue weighted by Crippen LogP contribution is -2.34. The summed E-state index contributed by atoms with van der Waals surface area (Å²) in [4.78, 5) is 11.9. The van der Waals surface area contributed by atoms with E-state index in [0.717, 1.165) is 12.1 Å². The van der Waals surface area contributed by atoms with Crippen molar-refractivity contribution in [1.29, 1.82) is 0 Å². The number of hydrogen-bond acceptors (Lipinski definition) is 4. The molecule has 6 nitrogen and oxygen atoms in total. The molecule has 0 radical (unpaired) electrons. The summed E-state index contributed by atoms with van der Waals surface area (Å²) in [6.07, 6.45) is 3.89. The molecule has 1 fully saturated rings. The van der Waals surface area contributed by atoms with Crippen LogP contribution in [-0.2, 0) is 23.1 Å². The Bertz CT molecular complexity index is 415. The van der Waals surface area contributed by atoms with E-state index in [1.54, 1.807) is 24.0 Å². The lowest BCUT2D eigenvalue weighted by Gasteiger charge is -2.14. The summed E-state index contributed by atoms with van der Waals surface area (Å²) in [5.74, 6) is -0.137. The number of carbonyl (C=O) groups excluding carboxylic acids is 1. The predicted octanol–water partition coefficient (Wildman–Crippen LogP) is 0.0224. The Morgan fingerprint density at radius 1 is 1.82 bits per heavy atom. The Morgan fingerprint density at radius 3 is 3.29 bits per heavy atom. The number of hydrogen-bond donors (Lipinski definition) is 1. The summed E-state index contributed by atoms with van der Waals surface area (Å²) in [5, 5.41) is 10.4. The highest BCUT2D eigenvalue weighted by Crippen LogP contribution is 2.21. The van der Waals surface area contributed by atoms with Gasteiger partial charge in [-0.3, -0.25) is 9.48 Å². The molecule has 0 bridgehead atoms. The predicted molar refractivity (Wildman–Crippen MR) is 60.9 cm³/mol. The average Bonchev–Trinajstić information content (AvgIpc) is 2.94. The molecule has 2 heterocycles. The maximum Gasteiger partial charge on any atom is 0.226 e. The quantitative estimate of drug-likeness (QED) is 0.748. The van der Waals surface area contributed by atoms with Gasteiger partial charge in [0.25, 0.3) is 0 Å². The first kappa shape index (κ1) is 11.8. The number of carbonyl (C=O) groups is 1. The molecular weight excluding hydrogens is 220 g/mol. The van der Waals surface area contributed by atoms with Crippen LogP contribution in [0.4, 0.5) is 0 Å². The highest BCUT2D eigenvalue weighted by molar-refractivity contribution is 5.79. The molecule has 0 spiro atoms. The second-order valence-corrected chi connectivity index (χ2v) is 4.03. The fourth-order valence-electron chi connectivity index (χ4n) is 1.90. The van der Waals surface area contributed by atoms with Crippen LogP contribution in [-0.4, -0.2) is 33.6 Å². The number of amides is 1. The highest BCUT2D eigenvalue weighted by Gasteiger charge is 2.31. The van der Waals surface area contributed by atoms with Crippen LogP contribution in [0.2, 0.25) is 0 Å². The Balaban J connectivity index is 1.89. The van der Waals surface area contributed by atoms with Crippen LogP contribution in [0.25, 0.3) is 0 Å². The van der Waals surface area contributed by atoms with Gasteiger partial charge in [-0.15, -0.1) is 11.7 Å². The molecule has 0 unspecified atom stereocenters. The highest BCUT2D eigenvalue weighted by atomic mass is 16.5. The third kappa shape index (κ3) is 2.52. The van der Waals surface area contributed by atoms with Crippen molar-refractivity contribution in [3.05, 3.63) is 24.5 Å². The van der Waals surface area contributed by atoms with E-state index in [1.807, 2.05) is 0 Å². The first-order chi connectivity index (χ1) is 8.22. The van der Waals surface area contributed by atoms with Crippen molar-refractivity contribution in [2.75, 3.05) is 6.61 Å². The van der Waals surface area contributed by atoms with Crippen molar-refractivity contribution in [1.82, 2.24) is 20.3 Å². The molecule has 0 aliphatic carbocycles. The number of nitrogens with one attached hydrogen (secondary N) is 1. The first-order valence-corrected chi connectivity index (χ1v) is 5.58. The molecule has 0 aromatic carbocycles. The van der Waals surface area contributed by atoms with Crippen molar-refractivity contribution < 1.29 is 9.53 Å². The smallest absolute Gasteiger partial charge is 0.226 e. The van der Waals surface area contributed by atoms with E-state index in [1.165, 1.54) is 0 Å². The lowest BCUT2D eigenvalue weighted by molar-refractivity contribution is -0.126. The van der Waals surface area contributed by atoms with Crippen LogP contribution in [0.15, 0.2) is 18.9 Å². The standard InChI is InChI=1S/C11H16N4O2/c1-3-10-9(4-5-17-10)11(16)12-6-8-7-13-14-15(8)2/h3,7,9-10H,1,4-6H2,2H3,(H,12,16)/t9-,10+/m1/s1. The molecule has 17 heavy (non-hydrogen) atoms. The number of nitrogens with zero attached hydrogens (tertiary/aromatic N) is 3. The Kier molecular flexibility index (Phi) is 3.53. The van der Waals surface area contributed by atoms with Gasteiger partial charge in [0, 0.05) is 13.7 Å². The van der Waals surface area contributed by atoms with Gasteiger partial charge in [-0.2, -0.15) is 0 Å². The van der Waals surface area contributed by atoms with E-state index >= 15 is 0 Å². The molecular formula is C11H16N4O2. The third-order valence-corrected chi connectivity index (χ3v) is 2.96. The fourth-order valence-corrected chi connectivity index (χ4v) is 1.90. The number of aromatic nitrogens is 3. The topological polar surface area (TPSA) is 69.0 Å². The van der Waals surface area contributed by atoms with Crippen LogP contribution in [0.3, 0.4) is 0 Å². The second-order valence-electron chi connectivity index (χ2n) is 4.03. The summed E-state index contributed by atoms with van der Waals surface area (Å²) in [5.41, 5.74) is 0.868. The molecule has 6 heteroatoms. The zero-order valence-electron chi connectivity index (χ0n) is 9.80. The molecule has 1 aromatic rings. The Morgan fingerprint density at radius 2 is 2.65 bits per heavy atom. The molecule has 1 N–H and O–H groups in total. The molecule has 92 valence electrons. The zero-order valence-corrected chi connectivity index (χ0v) is 9.80. The molecule has 1 aliphatic rings. The van der Waals surface area contributed by atoms with Gasteiger partial charge in [0.05, 0.1) is 30.5 Å². The molecule has 1 amide bonds. The SMILES string of the molecule is C=C[C@@H]1OCC[C@H]1C(=O)NCc1cnnn1C. The average molecular weight is 236 g/mol. The Hall–Kier alpha value is -1.69. The van der Waals surface area contributed by atoms with Crippen LogP contribution in [0, 0.1) is 5.92 Å². The monoisotopic (exact) mass is 236 g/mol. The molecule has 2 atom stereocenters. The summed E-state index contributed by atoms with van der Waals surface area (Å²) >= 11 is 0. The second kappa shape index (κ2) is 5.09. The molecule has 2 rings (SSSR count). The summed E-state index contributed by atoms with van der Waals surface area (Å²) in [6.45, 7) is 4.72. The maximum atomic E-state index is 11.9. The minimum Gasteiger partial charge on any atom is -0.373 e. The first-order valence-electron chi connectivity index (χ1n) is 5.58. The van der Waals surface area contributed by atoms with E-state index in [2.05, 4.69) is 22.2 Å². The van der Waals surface area contributed by atoms with Crippen LogP contribution in [0.5, 0.6) is 0 Å². The van der Waals surface area contributed by atoms with Gasteiger partial charge in [0.1, 0.15) is 0 Å². The van der Waals surface area contributed by atoms with Crippen molar-refractivity contribution >= 4 is 5.91 Å². The normalized spacial score (nSPS) is 23.6. The van der Waals surface area contributed by atoms with Gasteiger partial charge < -0.3 is 10.1 Å². The minimum atomic E-state index is -0.167. The van der Waals surface area contributed by atoms with Gasteiger partial charge in [0.15, 0.2) is 0 Å². The van der Waals surface area contributed by atoms with E-state index in [-0.39, 0.29) is 17.9 Å². The summed E-state index contributed by atoms with van der Waals surface area (Å²) in [7, 11) is 1.79. The van der Waals surface area contributed by atoms with Crippen molar-refractivity contribution in [2.45, 2.75) is 19.1 Å². The third-order valence-electron chi connectivity index (χ3n) is 2.96. The van der Waals surface area contributed by atoms with Gasteiger partial charge in [-0.25, -0.2) is 0 Å². The van der Waals surface area contributed by atoms with Crippen molar-refractivity contribution in [3.63, 3.8) is 0 Å². The van der Waals surface area contributed by atoms with E-state index in [4.69, 9.17) is 4.74 Å². The van der Waals surface area contributed by atoms with Crippen molar-refractivity contribution in [2.24, 2.45) is 13.0 Å². The molecule has 1 aromatic heterocycles. The van der Waals surface area contributed by atoms with Gasteiger partial charge in [-0.1, -0.05) is 11.3 Å². The van der Waals surface area contributed by atoms with E-state index in [9.17, 15) is 4.79 Å². The maximum absolute atomic E-state index is 11.9. The molecule has 1 saturated heterocycles.